The van der Waals surface area contributed by atoms with Crippen LogP contribution in [0.25, 0.3) is 11.0 Å². The van der Waals surface area contributed by atoms with Crippen LogP contribution in [0.3, 0.4) is 0 Å². The van der Waals surface area contributed by atoms with Gasteiger partial charge in [0.25, 0.3) is 11.6 Å². The predicted octanol–water partition coefficient (Wildman–Crippen LogP) is 3.42. The van der Waals surface area contributed by atoms with Crippen molar-refractivity contribution in [2.24, 2.45) is 7.05 Å². The van der Waals surface area contributed by atoms with Gasteiger partial charge >= 0.3 is 0 Å². The molecule has 0 fully saturated rings. The van der Waals surface area contributed by atoms with Gasteiger partial charge < -0.3 is 4.90 Å². The minimum absolute atomic E-state index is 0.0690. The highest BCUT2D eigenvalue weighted by molar-refractivity contribution is 6.31. The Balaban J connectivity index is 1.99. The molecule has 0 spiro atoms. The number of amides is 1. The van der Waals surface area contributed by atoms with Gasteiger partial charge in [0.2, 0.25) is 0 Å². The van der Waals surface area contributed by atoms with Crippen LogP contribution >= 0.6 is 11.6 Å². The number of aromatic nitrogens is 3. The highest BCUT2D eigenvalue weighted by Crippen LogP contribution is 2.26. The van der Waals surface area contributed by atoms with Gasteiger partial charge in [0.1, 0.15) is 0 Å². The average Bonchev–Trinajstić information content (AvgIpc) is 2.89. The average molecular weight is 388 g/mol. The summed E-state index contributed by atoms with van der Waals surface area (Å²) in [5, 5.41) is 16.4. The lowest BCUT2D eigenvalue weighted by molar-refractivity contribution is -0.384. The highest BCUT2D eigenvalue weighted by atomic mass is 35.5. The van der Waals surface area contributed by atoms with E-state index < -0.39 is 4.92 Å². The van der Waals surface area contributed by atoms with Crippen LogP contribution in [0.15, 0.2) is 24.3 Å². The van der Waals surface area contributed by atoms with Crippen molar-refractivity contribution < 1.29 is 9.72 Å². The molecule has 0 atom stereocenters. The summed E-state index contributed by atoms with van der Waals surface area (Å²) < 4.78 is 1.64. The number of non-ortho nitro benzene ring substituents is 1. The zero-order chi connectivity index (χ0) is 19.9. The van der Waals surface area contributed by atoms with E-state index in [1.165, 1.54) is 23.1 Å². The third-order valence-electron chi connectivity index (χ3n) is 4.32. The van der Waals surface area contributed by atoms with Crippen LogP contribution in [0.2, 0.25) is 5.02 Å². The van der Waals surface area contributed by atoms with Crippen molar-refractivity contribution in [3.63, 3.8) is 0 Å². The van der Waals surface area contributed by atoms with E-state index in [1.54, 1.807) is 24.8 Å². The smallest absolute Gasteiger partial charge is 0.269 e. The lowest BCUT2D eigenvalue weighted by Gasteiger charge is -2.19. The molecule has 0 saturated heterocycles. The summed E-state index contributed by atoms with van der Waals surface area (Å²) in [6, 6.07) is 5.91. The number of hydrogen-bond donors (Lipinski definition) is 0. The Hall–Kier alpha value is -3.00. The number of carbonyl (C=O) groups excluding carboxylic acids is 1. The van der Waals surface area contributed by atoms with E-state index in [4.69, 9.17) is 11.6 Å². The van der Waals surface area contributed by atoms with Gasteiger partial charge in [-0.15, -0.1) is 0 Å². The van der Waals surface area contributed by atoms with Gasteiger partial charge in [0, 0.05) is 43.5 Å². The Morgan fingerprint density at radius 2 is 2.04 bits per heavy atom. The van der Waals surface area contributed by atoms with Gasteiger partial charge in [-0.2, -0.15) is 5.10 Å². The second kappa shape index (κ2) is 6.96. The number of rotatable bonds is 4. The molecule has 0 N–H and O–H groups in total. The maximum Gasteiger partial charge on any atom is 0.269 e. The van der Waals surface area contributed by atoms with E-state index >= 15 is 0 Å². The lowest BCUT2D eigenvalue weighted by Crippen LogP contribution is -2.27. The number of hydrogen-bond acceptors (Lipinski definition) is 5. The molecule has 3 aromatic rings. The number of pyridine rings is 1. The second-order valence-corrected chi connectivity index (χ2v) is 6.82. The molecule has 0 aliphatic heterocycles. The fraction of sp³-hybridized carbons (Fsp3) is 0.278. The van der Waals surface area contributed by atoms with Crippen molar-refractivity contribution in [1.29, 1.82) is 0 Å². The van der Waals surface area contributed by atoms with Crippen LogP contribution in [0.4, 0.5) is 5.69 Å². The summed E-state index contributed by atoms with van der Waals surface area (Å²) in [7, 11) is 3.41. The number of nitro benzene ring substituents is 1. The number of carbonyl (C=O) groups is 1. The normalized spacial score (nSPS) is 11.0. The molecule has 0 radical (unpaired) electrons. The molecule has 0 aliphatic carbocycles. The number of fused-ring (bicyclic) bond motifs is 1. The van der Waals surface area contributed by atoms with Crippen LogP contribution in [0, 0.1) is 24.0 Å². The monoisotopic (exact) mass is 387 g/mol. The predicted molar refractivity (Wildman–Crippen MR) is 102 cm³/mol. The van der Waals surface area contributed by atoms with Crippen LogP contribution in [0.5, 0.6) is 0 Å². The van der Waals surface area contributed by atoms with Crippen LogP contribution in [-0.4, -0.2) is 37.5 Å². The van der Waals surface area contributed by atoms with Crippen LogP contribution in [0.1, 0.15) is 27.3 Å². The van der Waals surface area contributed by atoms with Crippen molar-refractivity contribution in [2.45, 2.75) is 20.4 Å². The van der Waals surface area contributed by atoms with Gasteiger partial charge in [-0.05, 0) is 31.5 Å². The number of nitrogens with zero attached hydrogens (tertiary/aromatic N) is 5. The molecule has 2 aromatic heterocycles. The van der Waals surface area contributed by atoms with Crippen molar-refractivity contribution in [3.8, 4) is 0 Å². The summed E-state index contributed by atoms with van der Waals surface area (Å²) in [5.74, 6) is -0.232. The van der Waals surface area contributed by atoms with Gasteiger partial charge in [0.15, 0.2) is 5.65 Å². The van der Waals surface area contributed by atoms with Gasteiger partial charge in [-0.25, -0.2) is 4.98 Å². The van der Waals surface area contributed by atoms with Crippen molar-refractivity contribution in [3.05, 3.63) is 61.9 Å². The molecule has 27 heavy (non-hydrogen) atoms. The minimum atomic E-state index is -0.490. The van der Waals surface area contributed by atoms with E-state index in [1.807, 2.05) is 13.8 Å². The molecule has 1 aromatic carbocycles. The van der Waals surface area contributed by atoms with Gasteiger partial charge in [-0.1, -0.05) is 11.6 Å². The number of halogens is 1. The number of benzene rings is 1. The first kappa shape index (κ1) is 18.8. The molecule has 3 rings (SSSR count). The van der Waals surface area contributed by atoms with E-state index in [2.05, 4.69) is 10.1 Å². The van der Waals surface area contributed by atoms with Gasteiger partial charge in [0.05, 0.1) is 21.6 Å². The van der Waals surface area contributed by atoms with Crippen LogP contribution < -0.4 is 0 Å². The minimum Gasteiger partial charge on any atom is -0.337 e. The molecule has 1 amide bonds. The summed E-state index contributed by atoms with van der Waals surface area (Å²) in [5.41, 5.74) is 2.98. The molecule has 2 heterocycles. The first-order chi connectivity index (χ1) is 12.7. The molecule has 0 unspecified atom stereocenters. The second-order valence-electron chi connectivity index (χ2n) is 6.41. The van der Waals surface area contributed by atoms with Crippen molar-refractivity contribution >= 4 is 34.2 Å². The summed E-state index contributed by atoms with van der Waals surface area (Å²) in [6.07, 6.45) is 0. The number of aryl methyl sites for hydroxylation is 3. The zero-order valence-electron chi connectivity index (χ0n) is 15.4. The third kappa shape index (κ3) is 3.48. The topological polar surface area (TPSA) is 94.2 Å². The van der Waals surface area contributed by atoms with Crippen LogP contribution in [-0.2, 0) is 13.6 Å². The Kier molecular flexibility index (Phi) is 4.84. The van der Waals surface area contributed by atoms with E-state index in [9.17, 15) is 14.9 Å². The Morgan fingerprint density at radius 3 is 2.70 bits per heavy atom. The maximum absolute atomic E-state index is 13.1. The quantitative estimate of drug-likeness (QED) is 0.505. The summed E-state index contributed by atoms with van der Waals surface area (Å²) in [6.45, 7) is 3.78. The third-order valence-corrected chi connectivity index (χ3v) is 4.69. The van der Waals surface area contributed by atoms with Gasteiger partial charge in [-0.3, -0.25) is 19.6 Å². The Morgan fingerprint density at radius 1 is 1.33 bits per heavy atom. The van der Waals surface area contributed by atoms with E-state index in [0.717, 1.165) is 0 Å². The Bertz CT molecular complexity index is 1080. The molecular weight excluding hydrogens is 370 g/mol. The fourth-order valence-corrected chi connectivity index (χ4v) is 3.24. The molecule has 9 heteroatoms. The lowest BCUT2D eigenvalue weighted by atomic mass is 10.1. The standard InChI is InChI=1S/C18H18ClN5O3/c1-10-7-14(16-11(2)21-23(4)17(16)20-10)18(25)22(3)9-12-8-13(24(26)27)5-6-15(12)19/h5-8H,9H2,1-4H3. The molecular formula is C18H18ClN5O3. The summed E-state index contributed by atoms with van der Waals surface area (Å²) in [4.78, 5) is 29.5. The molecule has 8 nitrogen and oxygen atoms in total. The zero-order valence-corrected chi connectivity index (χ0v) is 16.1. The highest BCUT2D eigenvalue weighted by Gasteiger charge is 2.21. The summed E-state index contributed by atoms with van der Waals surface area (Å²) >= 11 is 6.16. The fourth-order valence-electron chi connectivity index (χ4n) is 3.07. The van der Waals surface area contributed by atoms with E-state index in [-0.39, 0.29) is 18.1 Å². The largest absolute Gasteiger partial charge is 0.337 e. The first-order valence-corrected chi connectivity index (χ1v) is 8.56. The molecule has 140 valence electrons. The molecule has 0 saturated carbocycles. The number of nitro groups is 1. The Labute approximate surface area is 160 Å². The van der Waals surface area contributed by atoms with Crippen molar-refractivity contribution in [1.82, 2.24) is 19.7 Å². The SMILES string of the molecule is Cc1cc(C(=O)N(C)Cc2cc([N+](=O)[O-])ccc2Cl)c2c(C)nn(C)c2n1. The van der Waals surface area contributed by atoms with E-state index in [0.29, 0.717) is 38.6 Å². The molecule has 0 aliphatic rings. The van der Waals surface area contributed by atoms with Crippen molar-refractivity contribution in [2.75, 3.05) is 7.05 Å². The first-order valence-electron chi connectivity index (χ1n) is 8.18. The molecule has 0 bridgehead atoms. The maximum atomic E-state index is 13.1.